The van der Waals surface area contributed by atoms with Crippen LogP contribution >= 0.6 is 0 Å². The number of anilines is 1. The van der Waals surface area contributed by atoms with E-state index in [1.165, 1.54) is 45.5 Å². The molecule has 13 heteroatoms. The Bertz CT molecular complexity index is 2010. The number of amides is 2. The van der Waals surface area contributed by atoms with Gasteiger partial charge >= 0.3 is 5.69 Å². The molecule has 46 heavy (non-hydrogen) atoms. The zero-order valence-corrected chi connectivity index (χ0v) is 25.4. The molecule has 2 aromatic carbocycles. The molecule has 2 amide bonds. The van der Waals surface area contributed by atoms with Crippen molar-refractivity contribution < 1.29 is 23.1 Å². The maximum absolute atomic E-state index is 16.2. The van der Waals surface area contributed by atoms with Crippen molar-refractivity contribution in [1.29, 1.82) is 0 Å². The zero-order valence-electron chi connectivity index (χ0n) is 25.4. The van der Waals surface area contributed by atoms with Gasteiger partial charge in [-0.2, -0.15) is 0 Å². The summed E-state index contributed by atoms with van der Waals surface area (Å²) < 4.78 is 39.5. The van der Waals surface area contributed by atoms with Crippen LogP contribution < -0.4 is 31.9 Å². The Balaban J connectivity index is 1.29. The molecule has 3 N–H and O–H groups in total. The van der Waals surface area contributed by atoms with Crippen molar-refractivity contribution in [2.45, 2.75) is 37.8 Å². The summed E-state index contributed by atoms with van der Waals surface area (Å²) in [6, 6.07) is 10.6. The van der Waals surface area contributed by atoms with Crippen LogP contribution in [0, 0.1) is 11.6 Å². The van der Waals surface area contributed by atoms with Crippen molar-refractivity contribution in [2.24, 2.45) is 14.1 Å². The second kappa shape index (κ2) is 12.3. The van der Waals surface area contributed by atoms with Crippen LogP contribution in [-0.2, 0) is 25.3 Å². The maximum atomic E-state index is 16.2. The van der Waals surface area contributed by atoms with E-state index in [0.717, 1.165) is 39.3 Å². The Labute approximate surface area is 262 Å². The molecule has 0 bridgehead atoms. The van der Waals surface area contributed by atoms with E-state index in [2.05, 4.69) is 20.9 Å². The van der Waals surface area contributed by atoms with Gasteiger partial charge in [0.25, 0.3) is 11.5 Å². The third-order valence-electron chi connectivity index (χ3n) is 8.55. The van der Waals surface area contributed by atoms with E-state index in [0.29, 0.717) is 31.0 Å². The molecule has 6 rings (SSSR count). The third kappa shape index (κ3) is 5.58. The van der Waals surface area contributed by atoms with E-state index in [4.69, 9.17) is 4.74 Å². The van der Waals surface area contributed by atoms with Crippen molar-refractivity contribution in [1.82, 2.24) is 24.8 Å². The van der Waals surface area contributed by atoms with Crippen molar-refractivity contribution >= 4 is 17.5 Å². The number of hydrogen-bond acceptors (Lipinski definition) is 7. The number of halogens is 2. The van der Waals surface area contributed by atoms with Crippen LogP contribution in [0.2, 0.25) is 0 Å². The lowest BCUT2D eigenvalue weighted by Gasteiger charge is -2.19. The number of fused-ring (bicyclic) bond motifs is 1. The van der Waals surface area contributed by atoms with Gasteiger partial charge in [0.1, 0.15) is 11.4 Å². The molecule has 0 saturated carbocycles. The van der Waals surface area contributed by atoms with Gasteiger partial charge in [-0.3, -0.25) is 19.0 Å². The number of benzene rings is 2. The van der Waals surface area contributed by atoms with Crippen LogP contribution in [-0.4, -0.2) is 45.6 Å². The lowest BCUT2D eigenvalue weighted by Crippen LogP contribution is -2.40. The Hall–Kier alpha value is -5.17. The predicted molar refractivity (Wildman–Crippen MR) is 167 cm³/mol. The van der Waals surface area contributed by atoms with E-state index in [1.807, 2.05) is 6.07 Å². The van der Waals surface area contributed by atoms with Gasteiger partial charge in [0.05, 0.1) is 18.5 Å². The van der Waals surface area contributed by atoms with Crippen LogP contribution in [0.15, 0.2) is 58.3 Å². The average Bonchev–Trinajstić information content (AvgIpc) is 3.66. The number of methoxy groups -OCH3 is 1. The van der Waals surface area contributed by atoms with E-state index >= 15 is 8.78 Å². The molecule has 4 aromatic rings. The van der Waals surface area contributed by atoms with Crippen LogP contribution in [0.3, 0.4) is 0 Å². The molecule has 1 aliphatic heterocycles. The van der Waals surface area contributed by atoms with Gasteiger partial charge in [0, 0.05) is 67.6 Å². The van der Waals surface area contributed by atoms with Crippen LogP contribution in [0.25, 0.3) is 22.4 Å². The number of nitrogens with one attached hydrogen (secondary N) is 3. The number of nitrogens with zero attached hydrogens (tertiary/aromatic N) is 3. The Kier molecular flexibility index (Phi) is 8.26. The minimum absolute atomic E-state index is 0.0341. The zero-order chi connectivity index (χ0) is 32.7. The Morgan fingerprint density at radius 3 is 2.46 bits per heavy atom. The maximum Gasteiger partial charge on any atom is 0.330 e. The molecule has 1 saturated heterocycles. The molecule has 3 heterocycles. The highest BCUT2D eigenvalue weighted by Gasteiger charge is 2.30. The lowest BCUT2D eigenvalue weighted by atomic mass is 9.98. The second-order valence-corrected chi connectivity index (χ2v) is 11.5. The third-order valence-corrected chi connectivity index (χ3v) is 8.55. The van der Waals surface area contributed by atoms with Gasteiger partial charge < -0.3 is 25.3 Å². The Morgan fingerprint density at radius 1 is 1.02 bits per heavy atom. The normalized spacial score (nSPS) is 17.1. The number of aryl methyl sites for hydroxylation is 2. The second-order valence-electron chi connectivity index (χ2n) is 11.5. The van der Waals surface area contributed by atoms with Gasteiger partial charge in [0.15, 0.2) is 5.82 Å². The van der Waals surface area contributed by atoms with E-state index in [-0.39, 0.29) is 45.9 Å². The largest absolute Gasteiger partial charge is 0.481 e. The summed E-state index contributed by atoms with van der Waals surface area (Å²) in [7, 11) is 4.12. The first-order valence-corrected chi connectivity index (χ1v) is 14.8. The highest BCUT2D eigenvalue weighted by Crippen LogP contribution is 2.41. The lowest BCUT2D eigenvalue weighted by molar-refractivity contribution is -0.119. The van der Waals surface area contributed by atoms with Crippen molar-refractivity contribution in [3.05, 3.63) is 97.8 Å². The summed E-state index contributed by atoms with van der Waals surface area (Å²) in [5.41, 5.74) is 0.0872. The van der Waals surface area contributed by atoms with Crippen LogP contribution in [0.1, 0.15) is 46.8 Å². The molecule has 1 fully saturated rings. The molecular formula is C33H32F2N6O5. The summed E-state index contributed by atoms with van der Waals surface area (Å²) in [6.45, 7) is 0.615. The molecular weight excluding hydrogens is 598 g/mol. The highest BCUT2D eigenvalue weighted by atomic mass is 19.1. The molecule has 2 aliphatic rings. The first-order valence-electron chi connectivity index (χ1n) is 14.8. The van der Waals surface area contributed by atoms with E-state index in [9.17, 15) is 19.2 Å². The minimum Gasteiger partial charge on any atom is -0.481 e. The van der Waals surface area contributed by atoms with Gasteiger partial charge in [0.2, 0.25) is 11.8 Å². The van der Waals surface area contributed by atoms with Crippen molar-refractivity contribution in [3.8, 4) is 28.3 Å². The van der Waals surface area contributed by atoms with Gasteiger partial charge in [-0.1, -0.05) is 24.3 Å². The number of hydrogen-bond donors (Lipinski definition) is 3. The van der Waals surface area contributed by atoms with Gasteiger partial charge in [-0.05, 0) is 43.0 Å². The van der Waals surface area contributed by atoms with E-state index in [1.54, 1.807) is 12.1 Å². The van der Waals surface area contributed by atoms with Gasteiger partial charge in [-0.15, -0.1) is 0 Å². The summed E-state index contributed by atoms with van der Waals surface area (Å²) in [4.78, 5) is 53.7. The number of ether oxygens (including phenoxy) is 1. The number of carbonyl (C=O) groups is 2. The fourth-order valence-corrected chi connectivity index (χ4v) is 6.15. The molecule has 2 aromatic heterocycles. The fraction of sp³-hybridized carbons (Fsp3) is 0.303. The smallest absolute Gasteiger partial charge is 0.330 e. The summed E-state index contributed by atoms with van der Waals surface area (Å²) in [5.74, 6) is -2.12. The number of aromatic nitrogens is 3. The quantitative estimate of drug-likeness (QED) is 0.272. The molecule has 2 unspecified atom stereocenters. The summed E-state index contributed by atoms with van der Waals surface area (Å²) in [6.07, 6.45) is 3.88. The molecule has 2 atom stereocenters. The number of rotatable bonds is 8. The first-order chi connectivity index (χ1) is 22.1. The topological polar surface area (TPSA) is 136 Å². The van der Waals surface area contributed by atoms with Crippen LogP contribution in [0.4, 0.5) is 14.5 Å². The molecule has 11 nitrogen and oxygen atoms in total. The average molecular weight is 631 g/mol. The summed E-state index contributed by atoms with van der Waals surface area (Å²) in [5, 5.41) is 8.84. The first kappa shape index (κ1) is 30.8. The minimum atomic E-state index is -0.920. The molecule has 238 valence electrons. The molecule has 1 aliphatic carbocycles. The number of pyridine rings is 1. The Morgan fingerprint density at radius 2 is 1.74 bits per heavy atom. The fourth-order valence-electron chi connectivity index (χ4n) is 6.15. The SMILES string of the molecule is COc1nc(-c2cccc(-c3cccc(NC(=O)c4cn(C)c(=O)n(C)c4=O)c3F)c2F)cc2c1C(NCC1CCC(=O)N1)CC2. The molecule has 0 radical (unpaired) electrons. The van der Waals surface area contributed by atoms with Crippen molar-refractivity contribution in [3.63, 3.8) is 0 Å². The summed E-state index contributed by atoms with van der Waals surface area (Å²) >= 11 is 0. The predicted octanol–water partition coefficient (Wildman–Crippen LogP) is 3.21. The van der Waals surface area contributed by atoms with Gasteiger partial charge in [-0.25, -0.2) is 18.6 Å². The van der Waals surface area contributed by atoms with E-state index < -0.39 is 28.8 Å². The number of carbonyl (C=O) groups excluding carboxylic acids is 2. The standard InChI is InChI=1S/C33H32F2N6O5/c1-40-16-22(32(44)41(2)33(40)45)30(43)38-24-9-5-7-20(29(24)35)19-6-4-8-21(28(19)34)25-14-17-10-12-23(27(17)31(39-25)46-3)36-15-18-11-13-26(42)37-18/h4-9,14,16,18,23,36H,10-13,15H2,1-3H3,(H,37,42)(H,38,43). The monoisotopic (exact) mass is 630 g/mol. The van der Waals surface area contributed by atoms with Crippen molar-refractivity contribution in [2.75, 3.05) is 19.0 Å². The van der Waals surface area contributed by atoms with Crippen LogP contribution in [0.5, 0.6) is 5.88 Å². The molecule has 0 spiro atoms. The highest BCUT2D eigenvalue weighted by molar-refractivity contribution is 6.04.